The molecule has 2 radical (unpaired) electrons. The van der Waals surface area contributed by atoms with Gasteiger partial charge in [0.15, 0.2) is 0 Å². The third kappa shape index (κ3) is 5.27. The van der Waals surface area contributed by atoms with E-state index < -0.39 is 16.5 Å². The second-order valence-electron chi connectivity index (χ2n) is 18.8. The van der Waals surface area contributed by atoms with E-state index in [2.05, 4.69) is 48.0 Å². The maximum absolute atomic E-state index is 4.39. The summed E-state index contributed by atoms with van der Waals surface area (Å²) in [4.78, 5) is 8.77. The van der Waals surface area contributed by atoms with Crippen molar-refractivity contribution in [2.75, 3.05) is 6.67 Å². The smallest absolute Gasteiger partial charge is 0.124 e. The Labute approximate surface area is 269 Å². The fourth-order valence-corrected chi connectivity index (χ4v) is 20.8. The molecule has 0 heterocycles. The minimum Gasteiger partial charge on any atom is -0.326 e. The summed E-state index contributed by atoms with van der Waals surface area (Å²) in [6.45, 7) is 12.1. The van der Waals surface area contributed by atoms with Crippen LogP contribution in [0.2, 0.25) is 37.3 Å². The lowest BCUT2D eigenvalue weighted by Gasteiger charge is -2.56. The molecule has 0 aromatic carbocycles. The predicted octanol–water partition coefficient (Wildman–Crippen LogP) is 10.5. The van der Waals surface area contributed by atoms with Crippen LogP contribution in [0.4, 0.5) is 0 Å². The van der Waals surface area contributed by atoms with Gasteiger partial charge in [0.25, 0.3) is 0 Å². The summed E-state index contributed by atoms with van der Waals surface area (Å²) in [5.74, 6) is 14.8. The highest BCUT2D eigenvalue weighted by molar-refractivity contribution is 6.78. The molecule has 0 bridgehead atoms. The molecule has 12 unspecified atom stereocenters. The van der Waals surface area contributed by atoms with E-state index in [0.717, 1.165) is 76.9 Å². The molecule has 4 heteroatoms. The lowest BCUT2D eigenvalue weighted by Crippen LogP contribution is -2.61. The van der Waals surface area contributed by atoms with Gasteiger partial charge < -0.3 is 9.96 Å². The highest BCUT2D eigenvalue weighted by Crippen LogP contribution is 2.67. The Kier molecular flexibility index (Phi) is 8.63. The molecule has 0 spiro atoms. The Hall–Kier alpha value is 0.354. The normalized spacial score (nSPS) is 47.2. The third-order valence-electron chi connectivity index (χ3n) is 16.4. The highest BCUT2D eigenvalue weighted by Gasteiger charge is 2.60. The van der Waals surface area contributed by atoms with Gasteiger partial charge >= 0.3 is 0 Å². The summed E-state index contributed by atoms with van der Waals surface area (Å²) in [5.41, 5.74) is 1.87. The van der Waals surface area contributed by atoms with Crippen molar-refractivity contribution in [2.24, 2.45) is 59.2 Å². The summed E-state index contributed by atoms with van der Waals surface area (Å²) >= 11 is 0. The maximum Gasteiger partial charge on any atom is 0.124 e. The topological polar surface area (TPSA) is 24.1 Å². The van der Waals surface area contributed by atoms with Gasteiger partial charge in [-0.25, -0.2) is 0 Å². The Bertz CT molecular complexity index is 904. The van der Waals surface area contributed by atoms with E-state index in [0.29, 0.717) is 0 Å². The molecule has 8 saturated carbocycles. The van der Waals surface area contributed by atoms with Gasteiger partial charge in [-0.1, -0.05) is 90.4 Å². The molecule has 2 nitrogen and oxygen atoms in total. The van der Waals surface area contributed by atoms with Crippen molar-refractivity contribution in [3.8, 4) is 0 Å². The molecule has 8 aliphatic rings. The largest absolute Gasteiger partial charge is 0.326 e. The van der Waals surface area contributed by atoms with Gasteiger partial charge in [-0.15, -0.1) is 0 Å². The van der Waals surface area contributed by atoms with Crippen LogP contribution in [0, 0.1) is 71.0 Å². The SMILES string of the molecule is C[Si](C)(NCN[Si](C)(C)C1CCC2[C]1C1CCCCC1C1CCCCC21)C1CCC2[C]1C1CCCCC1C1CCCCC21. The van der Waals surface area contributed by atoms with E-state index in [9.17, 15) is 0 Å². The van der Waals surface area contributed by atoms with Crippen molar-refractivity contribution in [2.45, 2.75) is 166 Å². The fourth-order valence-electron chi connectivity index (χ4n) is 14.8. The minimum absolute atomic E-state index is 0.937. The molecule has 242 valence electrons. The van der Waals surface area contributed by atoms with Crippen molar-refractivity contribution in [1.29, 1.82) is 0 Å². The summed E-state index contributed by atoms with van der Waals surface area (Å²) < 4.78 is 0. The zero-order valence-electron chi connectivity index (χ0n) is 28.8. The van der Waals surface area contributed by atoms with E-state index in [1.165, 1.54) is 64.2 Å². The van der Waals surface area contributed by atoms with Crippen LogP contribution in [-0.2, 0) is 0 Å². The standard InChI is InChI=1S/C39H68N2Si2/c1-42(2,36-23-21-34-30-17-7-5-13-26(30)28-15-9-11-19-32(28)38(34)36)40-25-41-43(3,4)37-24-22-35-31-18-8-6-14-27(31)29-16-10-12-20-33(29)39(35)37/h26-37,40-41H,5-25H2,1-4H3. The van der Waals surface area contributed by atoms with Crippen LogP contribution in [0.25, 0.3) is 0 Å². The van der Waals surface area contributed by atoms with Crippen molar-refractivity contribution in [3.63, 3.8) is 0 Å². The molecule has 0 aromatic rings. The van der Waals surface area contributed by atoms with Crippen LogP contribution in [-0.4, -0.2) is 23.1 Å². The first-order valence-electron chi connectivity index (χ1n) is 20.1. The Morgan fingerprint density at radius 2 is 0.698 bits per heavy atom. The van der Waals surface area contributed by atoms with Gasteiger partial charge in [0.2, 0.25) is 0 Å². The van der Waals surface area contributed by atoms with E-state index >= 15 is 0 Å². The molecule has 8 aliphatic carbocycles. The molecule has 8 fully saturated rings. The Morgan fingerprint density at radius 1 is 0.395 bits per heavy atom. The molecular weight excluding hydrogens is 553 g/mol. The van der Waals surface area contributed by atoms with Crippen LogP contribution in [0.3, 0.4) is 0 Å². The van der Waals surface area contributed by atoms with Crippen molar-refractivity contribution in [3.05, 3.63) is 11.8 Å². The van der Waals surface area contributed by atoms with Crippen molar-refractivity contribution >= 4 is 16.5 Å². The molecule has 0 aliphatic heterocycles. The quantitative estimate of drug-likeness (QED) is 0.228. The molecule has 12 atom stereocenters. The Morgan fingerprint density at radius 3 is 1.07 bits per heavy atom. The predicted molar refractivity (Wildman–Crippen MR) is 187 cm³/mol. The average Bonchev–Trinajstić information content (AvgIpc) is 3.69. The second-order valence-corrected chi connectivity index (χ2v) is 27.8. The summed E-state index contributed by atoms with van der Waals surface area (Å²) in [5, 5.41) is 0. The van der Waals surface area contributed by atoms with Crippen molar-refractivity contribution in [1.82, 2.24) is 9.96 Å². The number of fused-ring (bicyclic) bond motifs is 12. The summed E-state index contributed by atoms with van der Waals surface area (Å²) in [6.07, 6.45) is 30.9. The van der Waals surface area contributed by atoms with Gasteiger partial charge in [-0.2, -0.15) is 0 Å². The molecule has 43 heavy (non-hydrogen) atoms. The zero-order chi connectivity index (χ0) is 29.3. The molecule has 2 N–H and O–H groups in total. The van der Waals surface area contributed by atoms with E-state index in [4.69, 9.17) is 0 Å². The molecule has 8 rings (SSSR count). The first-order chi connectivity index (χ1) is 20.9. The molecule has 0 saturated heterocycles. The number of rotatable bonds is 6. The molecular formula is C39H68N2Si2. The lowest BCUT2D eigenvalue weighted by atomic mass is 9.51. The third-order valence-corrected chi connectivity index (χ3v) is 23.3. The summed E-state index contributed by atoms with van der Waals surface area (Å²) in [7, 11) is -3.14. The van der Waals surface area contributed by atoms with Crippen LogP contribution in [0.15, 0.2) is 0 Å². The number of hydrogen-bond donors (Lipinski definition) is 2. The van der Waals surface area contributed by atoms with E-state index in [1.807, 2.05) is 0 Å². The van der Waals surface area contributed by atoms with Gasteiger partial charge in [-0.05, 0) is 146 Å². The lowest BCUT2D eigenvalue weighted by molar-refractivity contribution is 0.0108. The minimum atomic E-state index is -1.57. The van der Waals surface area contributed by atoms with Crippen LogP contribution < -0.4 is 9.96 Å². The van der Waals surface area contributed by atoms with Crippen LogP contribution in [0.5, 0.6) is 0 Å². The van der Waals surface area contributed by atoms with Crippen molar-refractivity contribution < 1.29 is 0 Å². The highest BCUT2D eigenvalue weighted by atomic mass is 28.3. The van der Waals surface area contributed by atoms with Crippen LogP contribution in [0.1, 0.15) is 128 Å². The van der Waals surface area contributed by atoms with Crippen LogP contribution >= 0.6 is 0 Å². The Balaban J connectivity index is 0.947. The van der Waals surface area contributed by atoms with E-state index in [-0.39, 0.29) is 0 Å². The maximum atomic E-state index is 4.39. The molecule has 0 amide bonds. The second kappa shape index (κ2) is 12.1. The zero-order valence-corrected chi connectivity index (χ0v) is 30.8. The summed E-state index contributed by atoms with van der Waals surface area (Å²) in [6, 6.07) is 0. The average molecular weight is 621 g/mol. The van der Waals surface area contributed by atoms with Gasteiger partial charge in [0.05, 0.1) is 0 Å². The first-order valence-corrected chi connectivity index (χ1v) is 26.2. The monoisotopic (exact) mass is 620 g/mol. The number of nitrogens with one attached hydrogen (secondary N) is 2. The van der Waals surface area contributed by atoms with E-state index in [1.54, 1.807) is 64.2 Å². The molecule has 0 aromatic heterocycles. The van der Waals surface area contributed by atoms with Gasteiger partial charge in [0, 0.05) is 6.67 Å². The first kappa shape index (κ1) is 30.7. The van der Waals surface area contributed by atoms with Gasteiger partial charge in [-0.3, -0.25) is 0 Å². The number of hydrogen-bond acceptors (Lipinski definition) is 2. The fraction of sp³-hybridized carbons (Fsp3) is 0.949. The van der Waals surface area contributed by atoms with Gasteiger partial charge in [0.1, 0.15) is 16.5 Å².